The summed E-state index contributed by atoms with van der Waals surface area (Å²) in [5.74, 6) is 0.365. The average molecular weight is 420 g/mol. The molecular formula is C24H24N2O5. The minimum Gasteiger partial charge on any atom is -0.491 e. The van der Waals surface area contributed by atoms with Crippen LogP contribution in [-0.2, 0) is 16.1 Å². The summed E-state index contributed by atoms with van der Waals surface area (Å²) in [6.07, 6.45) is 2.99. The molecule has 3 aromatic rings. The van der Waals surface area contributed by atoms with Crippen LogP contribution in [0.15, 0.2) is 83.1 Å². The molecule has 0 aliphatic heterocycles. The molecule has 0 saturated heterocycles. The number of benzene rings is 2. The van der Waals surface area contributed by atoms with E-state index in [1.807, 2.05) is 30.3 Å². The Bertz CT molecular complexity index is 996. The van der Waals surface area contributed by atoms with Gasteiger partial charge in [0.1, 0.15) is 23.8 Å². The molecule has 2 aromatic carbocycles. The fourth-order valence-corrected chi connectivity index (χ4v) is 2.68. The zero-order chi connectivity index (χ0) is 21.9. The minimum absolute atomic E-state index is 0.0864. The summed E-state index contributed by atoms with van der Waals surface area (Å²) in [4.78, 5) is 25.3. The Morgan fingerprint density at radius 3 is 2.42 bits per heavy atom. The lowest BCUT2D eigenvalue weighted by Crippen LogP contribution is -2.34. The van der Waals surface area contributed by atoms with Crippen LogP contribution in [-0.4, -0.2) is 32.1 Å². The molecule has 0 fully saturated rings. The Kier molecular flexibility index (Phi) is 8.02. The van der Waals surface area contributed by atoms with Gasteiger partial charge in [0, 0.05) is 25.3 Å². The molecule has 0 unspecified atom stereocenters. The minimum atomic E-state index is -0.430. The van der Waals surface area contributed by atoms with Crippen molar-refractivity contribution in [2.45, 2.75) is 6.54 Å². The Labute approximate surface area is 180 Å². The van der Waals surface area contributed by atoms with Crippen LogP contribution in [0.2, 0.25) is 0 Å². The van der Waals surface area contributed by atoms with Crippen molar-refractivity contribution in [3.05, 3.63) is 95.6 Å². The molecule has 0 aliphatic carbocycles. The third kappa shape index (κ3) is 6.87. The van der Waals surface area contributed by atoms with Gasteiger partial charge in [-0.3, -0.25) is 9.59 Å². The van der Waals surface area contributed by atoms with Crippen molar-refractivity contribution in [3.63, 3.8) is 0 Å². The molecule has 1 heterocycles. The van der Waals surface area contributed by atoms with Crippen LogP contribution in [0.1, 0.15) is 21.7 Å². The molecule has 0 aliphatic rings. The van der Waals surface area contributed by atoms with Crippen molar-refractivity contribution >= 4 is 17.9 Å². The molecule has 0 spiro atoms. The molecule has 2 amide bonds. The lowest BCUT2D eigenvalue weighted by atomic mass is 10.2. The van der Waals surface area contributed by atoms with Crippen LogP contribution in [0.5, 0.6) is 5.75 Å². The second kappa shape index (κ2) is 11.4. The van der Waals surface area contributed by atoms with Crippen LogP contribution in [0, 0.1) is 0 Å². The third-order valence-electron chi connectivity index (χ3n) is 4.29. The van der Waals surface area contributed by atoms with E-state index in [-0.39, 0.29) is 18.1 Å². The molecule has 3 rings (SSSR count). The molecule has 31 heavy (non-hydrogen) atoms. The summed E-state index contributed by atoms with van der Waals surface area (Å²) in [6, 6.07) is 19.5. The highest BCUT2D eigenvalue weighted by molar-refractivity contribution is 6.05. The lowest BCUT2D eigenvalue weighted by Gasteiger charge is -2.11. The maximum absolute atomic E-state index is 12.8. The molecular weight excluding hydrogens is 396 g/mol. The van der Waals surface area contributed by atoms with E-state index >= 15 is 0 Å². The number of hydrogen-bond donors (Lipinski definition) is 2. The maximum atomic E-state index is 12.8. The Balaban J connectivity index is 1.64. The van der Waals surface area contributed by atoms with Crippen molar-refractivity contribution in [2.24, 2.45) is 0 Å². The number of amides is 2. The van der Waals surface area contributed by atoms with Crippen LogP contribution in [0.3, 0.4) is 0 Å². The van der Waals surface area contributed by atoms with Gasteiger partial charge in [-0.1, -0.05) is 30.3 Å². The quantitative estimate of drug-likeness (QED) is 0.388. The first-order chi connectivity index (χ1) is 15.2. The summed E-state index contributed by atoms with van der Waals surface area (Å²) in [7, 11) is 1.62. The average Bonchev–Trinajstić information content (AvgIpc) is 3.32. The van der Waals surface area contributed by atoms with Crippen molar-refractivity contribution in [2.75, 3.05) is 20.3 Å². The van der Waals surface area contributed by atoms with Gasteiger partial charge in [0.2, 0.25) is 0 Å². The molecule has 160 valence electrons. The molecule has 7 nitrogen and oxygen atoms in total. The van der Waals surface area contributed by atoms with Gasteiger partial charge in [0.15, 0.2) is 0 Å². The molecule has 0 atom stereocenters. The number of rotatable bonds is 10. The highest BCUT2D eigenvalue weighted by Gasteiger charge is 2.15. The van der Waals surface area contributed by atoms with Crippen LogP contribution < -0.4 is 15.4 Å². The van der Waals surface area contributed by atoms with E-state index < -0.39 is 5.91 Å². The number of carbonyl (C=O) groups excluding carboxylic acids is 2. The van der Waals surface area contributed by atoms with Gasteiger partial charge in [-0.15, -0.1) is 0 Å². The molecule has 0 radical (unpaired) electrons. The van der Waals surface area contributed by atoms with E-state index in [1.165, 1.54) is 12.3 Å². The van der Waals surface area contributed by atoms with E-state index in [4.69, 9.17) is 13.9 Å². The second-order valence-electron chi connectivity index (χ2n) is 6.56. The second-order valence-corrected chi connectivity index (χ2v) is 6.56. The zero-order valence-electron chi connectivity index (χ0n) is 17.2. The highest BCUT2D eigenvalue weighted by Crippen LogP contribution is 2.13. The normalized spacial score (nSPS) is 11.1. The number of carbonyl (C=O) groups is 2. The zero-order valence-corrected chi connectivity index (χ0v) is 17.2. The third-order valence-corrected chi connectivity index (χ3v) is 4.29. The van der Waals surface area contributed by atoms with Gasteiger partial charge in [0.05, 0.1) is 12.9 Å². The predicted molar refractivity (Wildman–Crippen MR) is 116 cm³/mol. The number of methoxy groups -OCH3 is 1. The van der Waals surface area contributed by atoms with Crippen molar-refractivity contribution in [3.8, 4) is 5.75 Å². The van der Waals surface area contributed by atoms with Crippen molar-refractivity contribution in [1.82, 2.24) is 10.6 Å². The highest BCUT2D eigenvalue weighted by atomic mass is 16.5. The van der Waals surface area contributed by atoms with Gasteiger partial charge in [-0.2, -0.15) is 0 Å². The van der Waals surface area contributed by atoms with Crippen molar-refractivity contribution in [1.29, 1.82) is 0 Å². The topological polar surface area (TPSA) is 89.8 Å². The molecule has 7 heteroatoms. The fourth-order valence-electron chi connectivity index (χ4n) is 2.68. The molecule has 2 N–H and O–H groups in total. The van der Waals surface area contributed by atoms with E-state index in [0.29, 0.717) is 24.5 Å². The summed E-state index contributed by atoms with van der Waals surface area (Å²) < 4.78 is 15.8. The van der Waals surface area contributed by atoms with Crippen LogP contribution >= 0.6 is 0 Å². The maximum Gasteiger partial charge on any atom is 0.268 e. The lowest BCUT2D eigenvalue weighted by molar-refractivity contribution is -0.117. The fraction of sp³-hybridized carbons (Fsp3) is 0.167. The van der Waals surface area contributed by atoms with E-state index in [2.05, 4.69) is 10.6 Å². The summed E-state index contributed by atoms with van der Waals surface area (Å²) in [5.41, 5.74) is 1.42. The largest absolute Gasteiger partial charge is 0.491 e. The SMILES string of the molecule is COCCOc1ccc(CNC(=O)C(=Cc2ccco2)NC(=O)c2ccccc2)cc1. The van der Waals surface area contributed by atoms with Gasteiger partial charge in [-0.05, 0) is 42.0 Å². The first kappa shape index (κ1) is 21.9. The van der Waals surface area contributed by atoms with Crippen molar-refractivity contribution < 1.29 is 23.5 Å². The Morgan fingerprint density at radius 1 is 0.968 bits per heavy atom. The number of hydrogen-bond acceptors (Lipinski definition) is 5. The van der Waals surface area contributed by atoms with E-state index in [9.17, 15) is 9.59 Å². The first-order valence-corrected chi connectivity index (χ1v) is 9.76. The van der Waals surface area contributed by atoms with Crippen LogP contribution in [0.25, 0.3) is 6.08 Å². The Morgan fingerprint density at radius 2 is 1.74 bits per heavy atom. The molecule has 1 aromatic heterocycles. The van der Waals surface area contributed by atoms with Gasteiger partial charge >= 0.3 is 0 Å². The number of nitrogens with one attached hydrogen (secondary N) is 2. The smallest absolute Gasteiger partial charge is 0.268 e. The number of furan rings is 1. The van der Waals surface area contributed by atoms with E-state index in [0.717, 1.165) is 11.3 Å². The molecule has 0 saturated carbocycles. The monoisotopic (exact) mass is 420 g/mol. The standard InChI is InChI=1S/C24H24N2O5/c1-29-14-15-31-20-11-9-18(10-12-20)17-25-24(28)22(16-21-8-5-13-30-21)26-23(27)19-6-3-2-4-7-19/h2-13,16H,14-15,17H2,1H3,(H,25,28)(H,26,27). The Hall–Kier alpha value is -3.84. The van der Waals surface area contributed by atoms with Gasteiger partial charge in [-0.25, -0.2) is 0 Å². The van der Waals surface area contributed by atoms with Gasteiger partial charge < -0.3 is 24.5 Å². The summed E-state index contributed by atoms with van der Waals surface area (Å²) in [5, 5.41) is 5.48. The predicted octanol–water partition coefficient (Wildman–Crippen LogP) is 3.39. The summed E-state index contributed by atoms with van der Waals surface area (Å²) >= 11 is 0. The van der Waals surface area contributed by atoms with E-state index in [1.54, 1.807) is 43.5 Å². The number of ether oxygens (including phenoxy) is 2. The first-order valence-electron chi connectivity index (χ1n) is 9.76. The van der Waals surface area contributed by atoms with Crippen LogP contribution in [0.4, 0.5) is 0 Å². The summed E-state index contributed by atoms with van der Waals surface area (Å²) in [6.45, 7) is 1.26. The van der Waals surface area contributed by atoms with Gasteiger partial charge in [0.25, 0.3) is 11.8 Å². The molecule has 0 bridgehead atoms.